The number of carboxylic acids is 1. The highest BCUT2D eigenvalue weighted by atomic mass is 16.6. The number of hydrogen-bond acceptors (Lipinski definition) is 7. The van der Waals surface area contributed by atoms with Crippen LogP contribution in [0.3, 0.4) is 0 Å². The molecule has 0 unspecified atom stereocenters. The first-order valence-corrected chi connectivity index (χ1v) is 7.55. The highest BCUT2D eigenvalue weighted by molar-refractivity contribution is 6.39. The summed E-state index contributed by atoms with van der Waals surface area (Å²) in [6, 6.07) is 6.08. The van der Waals surface area contributed by atoms with Crippen LogP contribution in [0, 0.1) is 0 Å². The van der Waals surface area contributed by atoms with Crippen molar-refractivity contribution in [3.63, 3.8) is 0 Å². The SMILES string of the molecule is CC(C)(C)OC(=O)C(=O)C=C(O)c1cccc(-c2ncc(C(=O)O)o2)c1. The largest absolute Gasteiger partial charge is 0.507 e. The van der Waals surface area contributed by atoms with E-state index < -0.39 is 29.1 Å². The molecule has 0 spiro atoms. The van der Waals surface area contributed by atoms with Gasteiger partial charge in [-0.15, -0.1) is 0 Å². The Morgan fingerprint density at radius 2 is 1.88 bits per heavy atom. The molecular weight excluding hydrogens is 342 g/mol. The van der Waals surface area contributed by atoms with Gasteiger partial charge >= 0.3 is 11.9 Å². The molecule has 136 valence electrons. The molecule has 0 aliphatic carbocycles. The molecule has 1 aromatic heterocycles. The lowest BCUT2D eigenvalue weighted by molar-refractivity contribution is -0.160. The molecular formula is C18H17NO7. The Bertz CT molecular complexity index is 887. The lowest BCUT2D eigenvalue weighted by Gasteiger charge is -2.18. The number of carboxylic acid groups (broad SMARTS) is 1. The normalized spacial score (nSPS) is 11.9. The highest BCUT2D eigenvalue weighted by Gasteiger charge is 2.22. The maximum atomic E-state index is 11.8. The van der Waals surface area contributed by atoms with E-state index in [0.717, 1.165) is 12.3 Å². The maximum absolute atomic E-state index is 11.8. The van der Waals surface area contributed by atoms with Crippen LogP contribution in [0.25, 0.3) is 17.2 Å². The maximum Gasteiger partial charge on any atom is 0.379 e. The molecule has 1 heterocycles. The minimum absolute atomic E-state index is 0.0375. The van der Waals surface area contributed by atoms with Crippen LogP contribution >= 0.6 is 0 Å². The summed E-state index contributed by atoms with van der Waals surface area (Å²) < 4.78 is 10.0. The van der Waals surface area contributed by atoms with E-state index in [0.29, 0.717) is 5.56 Å². The van der Waals surface area contributed by atoms with E-state index >= 15 is 0 Å². The van der Waals surface area contributed by atoms with Crippen LogP contribution in [0.4, 0.5) is 0 Å². The van der Waals surface area contributed by atoms with Crippen LogP contribution in [-0.2, 0) is 14.3 Å². The molecule has 8 heteroatoms. The van der Waals surface area contributed by atoms with E-state index in [-0.39, 0.29) is 17.2 Å². The van der Waals surface area contributed by atoms with Crippen molar-refractivity contribution in [2.45, 2.75) is 26.4 Å². The van der Waals surface area contributed by atoms with Gasteiger partial charge in [-0.05, 0) is 32.9 Å². The zero-order chi connectivity index (χ0) is 19.5. The molecule has 0 radical (unpaired) electrons. The zero-order valence-electron chi connectivity index (χ0n) is 14.3. The third-order valence-corrected chi connectivity index (χ3v) is 2.99. The Hall–Kier alpha value is -3.42. The summed E-state index contributed by atoms with van der Waals surface area (Å²) in [7, 11) is 0. The number of oxazole rings is 1. The Morgan fingerprint density at radius 3 is 2.46 bits per heavy atom. The number of ketones is 1. The van der Waals surface area contributed by atoms with Gasteiger partial charge in [0, 0.05) is 17.2 Å². The second-order valence-electron chi connectivity index (χ2n) is 6.31. The number of carbonyl (C=O) groups excluding carboxylic acids is 2. The molecule has 0 fully saturated rings. The lowest BCUT2D eigenvalue weighted by atomic mass is 10.1. The number of benzene rings is 1. The molecule has 2 N–H and O–H groups in total. The van der Waals surface area contributed by atoms with Crippen molar-refractivity contribution < 1.29 is 33.8 Å². The standard InChI is InChI=1S/C18H17NO7/c1-18(2,3)26-17(24)13(21)8-12(20)10-5-4-6-11(7-10)15-19-9-14(25-15)16(22)23/h4-9,20H,1-3H3,(H,22,23). The number of nitrogens with zero attached hydrogens (tertiary/aromatic N) is 1. The van der Waals surface area contributed by atoms with Gasteiger partial charge < -0.3 is 19.4 Å². The van der Waals surface area contributed by atoms with E-state index in [9.17, 15) is 19.5 Å². The summed E-state index contributed by atoms with van der Waals surface area (Å²) >= 11 is 0. The molecule has 2 rings (SSSR count). The molecule has 0 amide bonds. The third kappa shape index (κ3) is 4.79. The fourth-order valence-corrected chi connectivity index (χ4v) is 1.91. The first-order chi connectivity index (χ1) is 12.1. The molecule has 0 bridgehead atoms. The monoisotopic (exact) mass is 359 g/mol. The number of hydrogen-bond donors (Lipinski definition) is 2. The second-order valence-corrected chi connectivity index (χ2v) is 6.31. The minimum atomic E-state index is -1.26. The van der Waals surface area contributed by atoms with E-state index in [1.165, 1.54) is 12.1 Å². The minimum Gasteiger partial charge on any atom is -0.507 e. The van der Waals surface area contributed by atoms with E-state index in [4.69, 9.17) is 14.3 Å². The first-order valence-electron chi connectivity index (χ1n) is 7.55. The van der Waals surface area contributed by atoms with Gasteiger partial charge in [-0.1, -0.05) is 12.1 Å². The van der Waals surface area contributed by atoms with Gasteiger partial charge in [0.05, 0.1) is 6.20 Å². The fourth-order valence-electron chi connectivity index (χ4n) is 1.91. The predicted molar refractivity (Wildman–Crippen MR) is 90.4 cm³/mol. The molecule has 0 aliphatic heterocycles. The van der Waals surface area contributed by atoms with Gasteiger partial charge in [0.1, 0.15) is 11.4 Å². The quantitative estimate of drug-likeness (QED) is 0.361. The van der Waals surface area contributed by atoms with Gasteiger partial charge in [0.2, 0.25) is 11.7 Å². The summed E-state index contributed by atoms with van der Waals surface area (Å²) in [5.74, 6) is -4.09. The number of aromatic nitrogens is 1. The topological polar surface area (TPSA) is 127 Å². The van der Waals surface area contributed by atoms with Crippen molar-refractivity contribution in [2.75, 3.05) is 0 Å². The van der Waals surface area contributed by atoms with Crippen molar-refractivity contribution in [1.29, 1.82) is 0 Å². The van der Waals surface area contributed by atoms with Gasteiger partial charge in [0.15, 0.2) is 0 Å². The van der Waals surface area contributed by atoms with Crippen molar-refractivity contribution in [2.24, 2.45) is 0 Å². The van der Waals surface area contributed by atoms with Gasteiger partial charge in [-0.2, -0.15) is 0 Å². The number of aliphatic hydroxyl groups excluding tert-OH is 1. The number of esters is 1. The predicted octanol–water partition coefficient (Wildman–Crippen LogP) is 2.85. The summed E-state index contributed by atoms with van der Waals surface area (Å²) in [4.78, 5) is 38.2. The molecule has 0 saturated heterocycles. The van der Waals surface area contributed by atoms with Gasteiger partial charge in [-0.3, -0.25) is 4.79 Å². The fraction of sp³-hybridized carbons (Fsp3) is 0.222. The summed E-state index contributed by atoms with van der Waals surface area (Å²) in [5.41, 5.74) is -0.225. The lowest BCUT2D eigenvalue weighted by Crippen LogP contribution is -2.28. The summed E-state index contributed by atoms with van der Waals surface area (Å²) in [5, 5.41) is 18.9. The molecule has 0 saturated carbocycles. The van der Waals surface area contributed by atoms with Crippen molar-refractivity contribution in [1.82, 2.24) is 4.98 Å². The molecule has 26 heavy (non-hydrogen) atoms. The smallest absolute Gasteiger partial charge is 0.379 e. The highest BCUT2D eigenvalue weighted by Crippen LogP contribution is 2.23. The molecule has 1 aromatic carbocycles. The van der Waals surface area contributed by atoms with Gasteiger partial charge in [-0.25, -0.2) is 14.6 Å². The summed E-state index contributed by atoms with van der Waals surface area (Å²) in [6.07, 6.45) is 1.82. The molecule has 8 nitrogen and oxygen atoms in total. The van der Waals surface area contributed by atoms with Crippen LogP contribution in [0.5, 0.6) is 0 Å². The molecule has 2 aromatic rings. The van der Waals surface area contributed by atoms with Gasteiger partial charge in [0.25, 0.3) is 5.78 Å². The third-order valence-electron chi connectivity index (χ3n) is 2.99. The van der Waals surface area contributed by atoms with Crippen LogP contribution < -0.4 is 0 Å². The number of rotatable bonds is 5. The Labute approximate surface area is 148 Å². The number of aliphatic hydroxyl groups is 1. The Kier molecular flexibility index (Phi) is 5.25. The Balaban J connectivity index is 2.24. The van der Waals surface area contributed by atoms with E-state index in [1.807, 2.05) is 0 Å². The number of ether oxygens (including phenoxy) is 1. The van der Waals surface area contributed by atoms with Crippen LogP contribution in [-0.4, -0.2) is 38.5 Å². The van der Waals surface area contributed by atoms with Crippen LogP contribution in [0.2, 0.25) is 0 Å². The number of aromatic carboxylic acids is 1. The average Bonchev–Trinajstić information content (AvgIpc) is 3.03. The van der Waals surface area contributed by atoms with Crippen molar-refractivity contribution in [3.05, 3.63) is 47.9 Å². The first kappa shape index (κ1) is 18.9. The Morgan fingerprint density at radius 1 is 1.19 bits per heavy atom. The molecule has 0 atom stereocenters. The number of carbonyl (C=O) groups is 3. The second kappa shape index (κ2) is 7.22. The van der Waals surface area contributed by atoms with Crippen LogP contribution in [0.15, 0.2) is 41.0 Å². The van der Waals surface area contributed by atoms with Crippen LogP contribution in [0.1, 0.15) is 36.9 Å². The van der Waals surface area contributed by atoms with E-state index in [1.54, 1.807) is 32.9 Å². The zero-order valence-corrected chi connectivity index (χ0v) is 14.3. The van der Waals surface area contributed by atoms with Crippen molar-refractivity contribution >= 4 is 23.5 Å². The average molecular weight is 359 g/mol. The van der Waals surface area contributed by atoms with E-state index in [2.05, 4.69) is 4.98 Å². The summed E-state index contributed by atoms with van der Waals surface area (Å²) in [6.45, 7) is 4.85. The molecule has 0 aliphatic rings. The van der Waals surface area contributed by atoms with Crippen molar-refractivity contribution in [3.8, 4) is 11.5 Å².